The molecule has 0 amide bonds. The van der Waals surface area contributed by atoms with Crippen LogP contribution in [-0.4, -0.2) is 16.6 Å². The first-order valence-electron chi connectivity index (χ1n) is 12.2. The monoisotopic (exact) mass is 421 g/mol. The highest BCUT2D eigenvalue weighted by Crippen LogP contribution is 2.20. The topological polar surface area (TPSA) is 58.8 Å². The second kappa shape index (κ2) is 15.4. The Labute approximate surface area is 189 Å². The Kier molecular flexibility index (Phi) is 12.3. The van der Waals surface area contributed by atoms with Gasteiger partial charge in [-0.1, -0.05) is 65.2 Å². The summed E-state index contributed by atoms with van der Waals surface area (Å²) >= 11 is 0. The van der Waals surface area contributed by atoms with E-state index in [0.717, 1.165) is 36.4 Å². The van der Waals surface area contributed by atoms with Crippen LogP contribution in [0.4, 0.5) is 0 Å². The van der Waals surface area contributed by atoms with Crippen LogP contribution in [0.1, 0.15) is 90.0 Å². The molecule has 0 fully saturated rings. The summed E-state index contributed by atoms with van der Waals surface area (Å²) in [4.78, 5) is 9.11. The summed E-state index contributed by atoms with van der Waals surface area (Å²) in [6, 6.07) is 10.2. The smallest absolute Gasteiger partial charge is 0.159 e. The van der Waals surface area contributed by atoms with Crippen molar-refractivity contribution < 1.29 is 4.74 Å². The van der Waals surface area contributed by atoms with E-state index in [-0.39, 0.29) is 5.92 Å². The lowest BCUT2D eigenvalue weighted by atomic mass is 10.1. The third-order valence-corrected chi connectivity index (χ3v) is 5.80. The van der Waals surface area contributed by atoms with Crippen molar-refractivity contribution >= 4 is 0 Å². The zero-order valence-corrected chi connectivity index (χ0v) is 19.5. The molecule has 0 saturated carbocycles. The Morgan fingerprint density at radius 1 is 0.871 bits per heavy atom. The number of nitriles is 1. The van der Waals surface area contributed by atoms with E-state index in [0.29, 0.717) is 6.61 Å². The number of aromatic nitrogens is 2. The van der Waals surface area contributed by atoms with Crippen molar-refractivity contribution in [1.29, 1.82) is 5.26 Å². The molecule has 2 aromatic rings. The van der Waals surface area contributed by atoms with Gasteiger partial charge < -0.3 is 4.74 Å². The van der Waals surface area contributed by atoms with Crippen LogP contribution < -0.4 is 4.74 Å². The summed E-state index contributed by atoms with van der Waals surface area (Å²) in [6.45, 7) is 4.87. The quantitative estimate of drug-likeness (QED) is 0.263. The minimum atomic E-state index is 0.0711. The van der Waals surface area contributed by atoms with Gasteiger partial charge in [0.2, 0.25) is 0 Å². The number of nitrogens with zero attached hydrogens (tertiary/aromatic N) is 3. The molecule has 0 bridgehead atoms. The van der Waals surface area contributed by atoms with Crippen molar-refractivity contribution in [2.45, 2.75) is 90.9 Å². The summed E-state index contributed by atoms with van der Waals surface area (Å²) in [5.74, 6) is 1.64. The number of rotatable bonds is 16. The van der Waals surface area contributed by atoms with Crippen LogP contribution in [0, 0.1) is 17.2 Å². The van der Waals surface area contributed by atoms with E-state index in [1.807, 2.05) is 43.6 Å². The third-order valence-electron chi connectivity index (χ3n) is 5.80. The van der Waals surface area contributed by atoms with Crippen LogP contribution >= 0.6 is 0 Å². The molecule has 0 saturated heterocycles. The molecule has 1 heterocycles. The van der Waals surface area contributed by atoms with E-state index in [1.54, 1.807) is 0 Å². The highest BCUT2D eigenvalue weighted by molar-refractivity contribution is 5.55. The van der Waals surface area contributed by atoms with Crippen LogP contribution in [0.3, 0.4) is 0 Å². The largest absolute Gasteiger partial charge is 0.494 e. The molecule has 1 aromatic heterocycles. The van der Waals surface area contributed by atoms with Gasteiger partial charge in [0.15, 0.2) is 5.82 Å². The van der Waals surface area contributed by atoms with Gasteiger partial charge >= 0.3 is 0 Å². The minimum absolute atomic E-state index is 0.0711. The lowest BCUT2D eigenvalue weighted by Crippen LogP contribution is -2.04. The van der Waals surface area contributed by atoms with Gasteiger partial charge in [-0.15, -0.1) is 0 Å². The highest BCUT2D eigenvalue weighted by atomic mass is 16.5. The lowest BCUT2D eigenvalue weighted by molar-refractivity contribution is 0.291. The SMILES string of the molecule is CCCCCCCCCCCc1cnc(-c2ccc(OCCC(C#N)CC)cc2)nc1. The van der Waals surface area contributed by atoms with Crippen molar-refractivity contribution in [3.05, 3.63) is 42.2 Å². The fraction of sp³-hybridized carbons (Fsp3) is 0.593. The maximum Gasteiger partial charge on any atom is 0.159 e. The number of benzene rings is 1. The van der Waals surface area contributed by atoms with Gasteiger partial charge in [0.25, 0.3) is 0 Å². The molecule has 0 radical (unpaired) electrons. The standard InChI is InChI=1S/C27H39N3O/c1-3-5-6-7-8-9-10-11-12-13-24-21-29-27(30-22-24)25-14-16-26(17-15-25)31-19-18-23(4-2)20-28/h14-17,21-23H,3-13,18-19H2,1-2H3. The summed E-state index contributed by atoms with van der Waals surface area (Å²) in [7, 11) is 0. The van der Waals surface area contributed by atoms with E-state index in [9.17, 15) is 0 Å². The fourth-order valence-corrected chi connectivity index (χ4v) is 3.65. The Morgan fingerprint density at radius 3 is 2.06 bits per heavy atom. The Balaban J connectivity index is 1.67. The van der Waals surface area contributed by atoms with E-state index in [4.69, 9.17) is 10.00 Å². The zero-order valence-electron chi connectivity index (χ0n) is 19.5. The molecule has 1 unspecified atom stereocenters. The average molecular weight is 422 g/mol. The number of hydrogen-bond donors (Lipinski definition) is 0. The molecule has 4 heteroatoms. The number of hydrogen-bond acceptors (Lipinski definition) is 4. The van der Waals surface area contributed by atoms with Crippen LogP contribution in [0.15, 0.2) is 36.7 Å². The van der Waals surface area contributed by atoms with Crippen LogP contribution in [0.2, 0.25) is 0 Å². The molecule has 0 aliphatic heterocycles. The summed E-state index contributed by atoms with van der Waals surface area (Å²) < 4.78 is 5.75. The van der Waals surface area contributed by atoms with Gasteiger partial charge in [0, 0.05) is 23.9 Å². The molecule has 1 atom stereocenters. The normalized spacial score (nSPS) is 11.8. The summed E-state index contributed by atoms with van der Waals surface area (Å²) in [5, 5.41) is 9.00. The molecular weight excluding hydrogens is 382 g/mol. The van der Waals surface area contributed by atoms with Gasteiger partial charge in [-0.2, -0.15) is 5.26 Å². The van der Waals surface area contributed by atoms with Crippen molar-refractivity contribution in [3.8, 4) is 23.2 Å². The second-order valence-corrected chi connectivity index (χ2v) is 8.39. The highest BCUT2D eigenvalue weighted by Gasteiger charge is 2.06. The molecule has 31 heavy (non-hydrogen) atoms. The first-order chi connectivity index (χ1) is 15.3. The number of ether oxygens (including phenoxy) is 1. The van der Waals surface area contributed by atoms with Gasteiger partial charge in [-0.05, 0) is 55.5 Å². The average Bonchev–Trinajstić information content (AvgIpc) is 2.82. The minimum Gasteiger partial charge on any atom is -0.494 e. The Morgan fingerprint density at radius 2 is 1.48 bits per heavy atom. The molecule has 4 nitrogen and oxygen atoms in total. The fourth-order valence-electron chi connectivity index (χ4n) is 3.65. The van der Waals surface area contributed by atoms with Crippen LogP contribution in [0.25, 0.3) is 11.4 Å². The maximum atomic E-state index is 9.00. The molecule has 1 aromatic carbocycles. The third kappa shape index (κ3) is 9.96. The van der Waals surface area contributed by atoms with Crippen molar-refractivity contribution in [1.82, 2.24) is 9.97 Å². The van der Waals surface area contributed by atoms with Gasteiger partial charge in [0.1, 0.15) is 5.75 Å². The van der Waals surface area contributed by atoms with Crippen molar-refractivity contribution in [3.63, 3.8) is 0 Å². The van der Waals surface area contributed by atoms with E-state index >= 15 is 0 Å². The second-order valence-electron chi connectivity index (χ2n) is 8.39. The van der Waals surface area contributed by atoms with Gasteiger partial charge in [-0.25, -0.2) is 9.97 Å². The van der Waals surface area contributed by atoms with Gasteiger partial charge in [0.05, 0.1) is 12.7 Å². The molecule has 0 aliphatic carbocycles. The Bertz CT molecular complexity index is 750. The first kappa shape index (κ1) is 24.9. The van der Waals surface area contributed by atoms with Gasteiger partial charge in [-0.3, -0.25) is 0 Å². The molecular formula is C27H39N3O. The maximum absolute atomic E-state index is 9.00. The lowest BCUT2D eigenvalue weighted by Gasteiger charge is -2.09. The molecule has 0 aliphatic rings. The zero-order chi connectivity index (χ0) is 22.2. The number of unbranched alkanes of at least 4 members (excludes halogenated alkanes) is 8. The number of aryl methyl sites for hydroxylation is 1. The predicted molar refractivity (Wildman–Crippen MR) is 128 cm³/mol. The van der Waals surface area contributed by atoms with Crippen molar-refractivity contribution in [2.24, 2.45) is 5.92 Å². The molecule has 2 rings (SSSR count). The van der Waals surface area contributed by atoms with Crippen LogP contribution in [0.5, 0.6) is 5.75 Å². The Hall–Kier alpha value is -2.41. The summed E-state index contributed by atoms with van der Waals surface area (Å²) in [5.41, 5.74) is 2.21. The molecule has 0 spiro atoms. The molecule has 0 N–H and O–H groups in total. The molecule has 168 valence electrons. The van der Waals surface area contributed by atoms with E-state index in [1.165, 1.54) is 63.4 Å². The first-order valence-corrected chi connectivity index (χ1v) is 12.2. The predicted octanol–water partition coefficient (Wildman–Crippen LogP) is 7.54. The van der Waals surface area contributed by atoms with Crippen LogP contribution in [-0.2, 0) is 6.42 Å². The van der Waals surface area contributed by atoms with Crippen molar-refractivity contribution in [2.75, 3.05) is 6.61 Å². The van der Waals surface area contributed by atoms with E-state index < -0.39 is 0 Å². The summed E-state index contributed by atoms with van der Waals surface area (Å²) in [6.07, 6.45) is 18.7. The van der Waals surface area contributed by atoms with E-state index in [2.05, 4.69) is 23.0 Å².